The second-order valence-electron chi connectivity index (χ2n) is 9.91. The Bertz CT molecular complexity index is 1720. The number of pyridine rings is 2. The summed E-state index contributed by atoms with van der Waals surface area (Å²) in [6, 6.07) is 21.1. The van der Waals surface area contributed by atoms with Gasteiger partial charge in [-0.2, -0.15) is 5.26 Å². The normalized spacial score (nSPS) is 19.0. The molecule has 0 aliphatic carbocycles. The molecule has 0 radical (unpaired) electrons. The third-order valence-corrected chi connectivity index (χ3v) is 9.88. The maximum absolute atomic E-state index is 14.2. The quantitative estimate of drug-likeness (QED) is 0.330. The first-order chi connectivity index (χ1) is 19.9. The van der Waals surface area contributed by atoms with E-state index in [1.165, 1.54) is 28.6 Å². The third-order valence-electron chi connectivity index (χ3n) is 7.87. The Kier molecular flexibility index (Phi) is 7.03. The van der Waals surface area contributed by atoms with E-state index in [0.29, 0.717) is 35.2 Å². The summed E-state index contributed by atoms with van der Waals surface area (Å²) in [5.74, 6) is 0.424. The van der Waals surface area contributed by atoms with Gasteiger partial charge in [0.1, 0.15) is 0 Å². The van der Waals surface area contributed by atoms with Crippen molar-refractivity contribution in [2.24, 2.45) is 0 Å². The number of fused-ring (bicyclic) bond motifs is 1. The first kappa shape index (κ1) is 27.0. The van der Waals surface area contributed by atoms with Crippen LogP contribution >= 0.6 is 11.6 Å². The van der Waals surface area contributed by atoms with Crippen LogP contribution in [0.1, 0.15) is 16.7 Å². The summed E-state index contributed by atoms with van der Waals surface area (Å²) in [4.78, 5) is 13.4. The van der Waals surface area contributed by atoms with Gasteiger partial charge in [0.25, 0.3) is 10.0 Å². The van der Waals surface area contributed by atoms with Gasteiger partial charge in [0.05, 0.1) is 41.4 Å². The second-order valence-corrected chi connectivity index (χ2v) is 12.2. The molecule has 1 saturated heterocycles. The highest BCUT2D eigenvalue weighted by Crippen LogP contribution is 2.52. The number of hydrogen-bond acceptors (Lipinski definition) is 8. The number of hydrogen-bond donors (Lipinski definition) is 0. The monoisotopic (exact) mass is 586 g/mol. The lowest BCUT2D eigenvalue weighted by Crippen LogP contribution is -2.58. The molecule has 1 unspecified atom stereocenters. The van der Waals surface area contributed by atoms with Crippen molar-refractivity contribution in [2.45, 2.75) is 10.4 Å². The van der Waals surface area contributed by atoms with Crippen molar-refractivity contribution in [3.05, 3.63) is 107 Å². The van der Waals surface area contributed by atoms with Crippen LogP contribution in [0.2, 0.25) is 5.02 Å². The molecule has 0 N–H and O–H groups in total. The summed E-state index contributed by atoms with van der Waals surface area (Å²) in [5.41, 5.74) is 2.63. The fourth-order valence-electron chi connectivity index (χ4n) is 5.92. The van der Waals surface area contributed by atoms with Gasteiger partial charge in [0, 0.05) is 66.6 Å². The van der Waals surface area contributed by atoms with Crippen molar-refractivity contribution >= 4 is 33.0 Å². The zero-order valence-corrected chi connectivity index (χ0v) is 23.9. The Labute approximate surface area is 244 Å². The zero-order chi connectivity index (χ0) is 28.6. The van der Waals surface area contributed by atoms with Crippen LogP contribution in [0.3, 0.4) is 0 Å². The minimum atomic E-state index is -4.01. The topological polar surface area (TPSA) is 103 Å². The fraction of sp³-hybridized carbons (Fsp3) is 0.233. The summed E-state index contributed by atoms with van der Waals surface area (Å²) in [5, 5.41) is 9.73. The molecule has 2 aromatic carbocycles. The number of sulfonamides is 1. The molecule has 1 fully saturated rings. The van der Waals surface area contributed by atoms with Crippen molar-refractivity contribution in [1.82, 2.24) is 14.9 Å². The first-order valence-corrected chi connectivity index (χ1v) is 14.9. The molecular formula is C30H27ClN6O3S. The van der Waals surface area contributed by atoms with E-state index in [9.17, 15) is 13.7 Å². The van der Waals surface area contributed by atoms with E-state index in [4.69, 9.17) is 16.3 Å². The number of nitrogens with zero attached hydrogens (tertiary/aromatic N) is 6. The maximum Gasteiger partial charge on any atom is 0.264 e. The van der Waals surface area contributed by atoms with Crippen LogP contribution in [0.4, 0.5) is 11.4 Å². The molecule has 0 amide bonds. The number of nitriles is 1. The number of halogens is 1. The highest BCUT2D eigenvalue weighted by Gasteiger charge is 2.53. The minimum absolute atomic E-state index is 0.0995. The van der Waals surface area contributed by atoms with Crippen molar-refractivity contribution in [2.75, 3.05) is 49.0 Å². The highest BCUT2D eigenvalue weighted by atomic mass is 35.5. The van der Waals surface area contributed by atoms with Crippen LogP contribution in [0.5, 0.6) is 5.88 Å². The van der Waals surface area contributed by atoms with Crippen molar-refractivity contribution in [3.63, 3.8) is 0 Å². The van der Waals surface area contributed by atoms with Gasteiger partial charge in [-0.1, -0.05) is 11.6 Å². The van der Waals surface area contributed by atoms with Crippen LogP contribution in [0.25, 0.3) is 0 Å². The summed E-state index contributed by atoms with van der Waals surface area (Å²) in [6.45, 7) is 2.86. The molecule has 2 aromatic heterocycles. The number of methoxy groups -OCH3 is 1. The van der Waals surface area contributed by atoms with Gasteiger partial charge in [-0.15, -0.1) is 0 Å². The van der Waals surface area contributed by atoms with Gasteiger partial charge < -0.3 is 9.64 Å². The average Bonchev–Trinajstić information content (AvgIpc) is 3.37. The van der Waals surface area contributed by atoms with E-state index in [1.54, 1.807) is 37.8 Å². The molecule has 2 aliphatic heterocycles. The van der Waals surface area contributed by atoms with E-state index in [1.807, 2.05) is 36.4 Å². The first-order valence-electron chi connectivity index (χ1n) is 13.1. The van der Waals surface area contributed by atoms with E-state index in [2.05, 4.69) is 19.8 Å². The largest absolute Gasteiger partial charge is 0.481 e. The summed E-state index contributed by atoms with van der Waals surface area (Å²) in [7, 11) is -2.44. The molecule has 6 rings (SSSR count). The molecule has 2 aliphatic rings. The predicted molar refractivity (Wildman–Crippen MR) is 157 cm³/mol. The van der Waals surface area contributed by atoms with Crippen LogP contribution in [-0.2, 0) is 15.6 Å². The van der Waals surface area contributed by atoms with Gasteiger partial charge in [-0.25, -0.2) is 13.4 Å². The Morgan fingerprint density at radius 3 is 2.37 bits per heavy atom. The Balaban J connectivity index is 1.49. The second kappa shape index (κ2) is 10.7. The molecule has 11 heteroatoms. The van der Waals surface area contributed by atoms with Crippen molar-refractivity contribution < 1.29 is 13.2 Å². The molecular weight excluding hydrogens is 560 g/mol. The SMILES string of the molecule is COc1ncccc1C1(N2CCN(c3ccncc3)CC2)CN(S(=O)(=O)c2ccc(C#N)cc2)c2ccc(Cl)cc21. The fourth-order valence-corrected chi connectivity index (χ4v) is 7.60. The summed E-state index contributed by atoms with van der Waals surface area (Å²) < 4.78 is 35.6. The Morgan fingerprint density at radius 2 is 1.68 bits per heavy atom. The van der Waals surface area contributed by atoms with Gasteiger partial charge in [0.15, 0.2) is 0 Å². The summed E-state index contributed by atoms with van der Waals surface area (Å²) >= 11 is 6.59. The van der Waals surface area contributed by atoms with E-state index in [-0.39, 0.29) is 11.4 Å². The summed E-state index contributed by atoms with van der Waals surface area (Å²) in [6.07, 6.45) is 5.23. The average molecular weight is 587 g/mol. The Hall–Kier alpha value is -4.17. The van der Waals surface area contributed by atoms with Crippen LogP contribution in [-0.4, -0.2) is 63.1 Å². The zero-order valence-electron chi connectivity index (χ0n) is 22.3. The van der Waals surface area contributed by atoms with Gasteiger partial charge in [-0.05, 0) is 66.7 Å². The number of aromatic nitrogens is 2. The predicted octanol–water partition coefficient (Wildman–Crippen LogP) is 4.28. The molecule has 0 spiro atoms. The molecule has 1 atom stereocenters. The third kappa shape index (κ3) is 4.56. The molecule has 9 nitrogen and oxygen atoms in total. The van der Waals surface area contributed by atoms with E-state index < -0.39 is 15.6 Å². The van der Waals surface area contributed by atoms with Gasteiger partial charge in [-0.3, -0.25) is 14.2 Å². The molecule has 0 saturated carbocycles. The number of benzene rings is 2. The standard InChI is InChI=1S/C30H27ClN6O3S/c1-40-29-26(3-2-12-34-29)30(36-17-15-35(16-18-36)24-10-13-33-14-11-24)21-37(28-9-6-23(31)19-27(28)30)41(38,39)25-7-4-22(20-32)5-8-25/h2-14,19H,15-18,21H2,1H3. The number of anilines is 2. The smallest absolute Gasteiger partial charge is 0.264 e. The van der Waals surface area contributed by atoms with Crippen molar-refractivity contribution in [1.29, 1.82) is 5.26 Å². The van der Waals surface area contributed by atoms with Crippen LogP contribution in [0, 0.1) is 11.3 Å². The van der Waals surface area contributed by atoms with Crippen LogP contribution in [0.15, 0.2) is 90.2 Å². The van der Waals surface area contributed by atoms with E-state index in [0.717, 1.165) is 29.9 Å². The van der Waals surface area contributed by atoms with Crippen molar-refractivity contribution in [3.8, 4) is 11.9 Å². The van der Waals surface area contributed by atoms with E-state index >= 15 is 0 Å². The highest BCUT2D eigenvalue weighted by molar-refractivity contribution is 7.92. The molecule has 4 heterocycles. The Morgan fingerprint density at radius 1 is 0.951 bits per heavy atom. The van der Waals surface area contributed by atoms with Crippen LogP contribution < -0.4 is 13.9 Å². The lowest BCUT2D eigenvalue weighted by molar-refractivity contribution is 0.124. The minimum Gasteiger partial charge on any atom is -0.481 e. The molecule has 4 aromatic rings. The number of rotatable bonds is 6. The lowest BCUT2D eigenvalue weighted by atomic mass is 9.82. The molecule has 41 heavy (non-hydrogen) atoms. The van der Waals surface area contributed by atoms with Gasteiger partial charge in [0.2, 0.25) is 5.88 Å². The lowest BCUT2D eigenvalue weighted by Gasteiger charge is -2.47. The maximum atomic E-state index is 14.2. The number of ether oxygens (including phenoxy) is 1. The van der Waals surface area contributed by atoms with Gasteiger partial charge >= 0.3 is 0 Å². The number of piperazine rings is 1. The molecule has 0 bridgehead atoms. The molecule has 208 valence electrons.